The first-order chi connectivity index (χ1) is 9.92. The minimum atomic E-state index is -4.01. The summed E-state index contributed by atoms with van der Waals surface area (Å²) < 4.78 is 36.0. The molecule has 1 N–H and O–H groups in total. The van der Waals surface area contributed by atoms with E-state index in [1.54, 1.807) is 0 Å². The van der Waals surface area contributed by atoms with Gasteiger partial charge in [0.15, 0.2) is 5.76 Å². The molecule has 0 saturated carbocycles. The molecule has 21 heavy (non-hydrogen) atoms. The van der Waals surface area contributed by atoms with E-state index in [2.05, 4.69) is 0 Å². The van der Waals surface area contributed by atoms with Gasteiger partial charge in [-0.3, -0.25) is 4.79 Å². The topological polar surface area (TPSA) is 85.6 Å². The summed E-state index contributed by atoms with van der Waals surface area (Å²) in [6.07, 6.45) is 0. The van der Waals surface area contributed by atoms with Crippen LogP contribution in [0.15, 0.2) is 45.7 Å². The zero-order valence-electron chi connectivity index (χ0n) is 11.0. The fraction of sp³-hybridized carbons (Fsp3) is 0.154. The van der Waals surface area contributed by atoms with Gasteiger partial charge >= 0.3 is 5.91 Å². The van der Waals surface area contributed by atoms with Crippen molar-refractivity contribution in [3.8, 4) is 0 Å². The highest BCUT2D eigenvalue weighted by Gasteiger charge is 2.21. The molecule has 6 nitrogen and oxygen atoms in total. The number of carbonyl (C=O) groups excluding carboxylic acids is 1. The molecule has 2 aromatic rings. The van der Waals surface area contributed by atoms with Gasteiger partial charge in [0, 0.05) is 12.1 Å². The molecule has 0 fully saturated rings. The molecular formula is C13H12ClNO5S. The summed E-state index contributed by atoms with van der Waals surface area (Å²) in [7, 11) is -2.53. The van der Waals surface area contributed by atoms with Crippen LogP contribution in [0, 0.1) is 0 Å². The smallest absolute Gasteiger partial charge is 0.300 e. The largest absolute Gasteiger partial charge is 0.453 e. The minimum absolute atomic E-state index is 0.105. The Morgan fingerprint density at radius 2 is 2.10 bits per heavy atom. The van der Waals surface area contributed by atoms with Crippen LogP contribution in [0.2, 0.25) is 5.02 Å². The molecule has 1 aromatic carbocycles. The van der Waals surface area contributed by atoms with Crippen LogP contribution in [-0.4, -0.2) is 21.4 Å². The number of furan rings is 1. The number of amides is 1. The average Bonchev–Trinajstić information content (AvgIpc) is 2.87. The van der Waals surface area contributed by atoms with Crippen molar-refractivity contribution in [1.82, 2.24) is 4.72 Å². The maximum atomic E-state index is 12.0. The Bertz CT molecular complexity index is 753. The third-order valence-electron chi connectivity index (χ3n) is 2.51. The van der Waals surface area contributed by atoms with Crippen molar-refractivity contribution >= 4 is 27.5 Å². The van der Waals surface area contributed by atoms with Crippen molar-refractivity contribution in [2.24, 2.45) is 0 Å². The Kier molecular flexibility index (Phi) is 4.66. The second kappa shape index (κ2) is 6.30. The van der Waals surface area contributed by atoms with E-state index >= 15 is 0 Å². The molecule has 0 atom stereocenters. The van der Waals surface area contributed by atoms with Gasteiger partial charge in [0.2, 0.25) is 0 Å². The van der Waals surface area contributed by atoms with E-state index in [-0.39, 0.29) is 22.3 Å². The van der Waals surface area contributed by atoms with Crippen molar-refractivity contribution in [3.63, 3.8) is 0 Å². The first kappa shape index (κ1) is 15.6. The monoisotopic (exact) mass is 329 g/mol. The number of hydrogen-bond acceptors (Lipinski definition) is 5. The molecule has 0 saturated heterocycles. The highest BCUT2D eigenvalue weighted by molar-refractivity contribution is 7.90. The number of rotatable bonds is 5. The maximum Gasteiger partial charge on any atom is 0.300 e. The molecule has 0 spiro atoms. The number of hydrogen-bond donors (Lipinski definition) is 1. The number of sulfonamides is 1. The molecule has 0 aliphatic heterocycles. The van der Waals surface area contributed by atoms with E-state index in [0.717, 1.165) is 0 Å². The Balaban J connectivity index is 2.17. The summed E-state index contributed by atoms with van der Waals surface area (Å²) >= 11 is 5.73. The standard InChI is InChI=1S/C13H12ClNO5S/c1-19-8-10-5-6-12(20-10)13(16)15-21(17,18)11-4-2-3-9(14)7-11/h2-7H,8H2,1H3,(H,15,16). The molecule has 1 amide bonds. The van der Waals surface area contributed by atoms with Gasteiger partial charge in [-0.25, -0.2) is 13.1 Å². The lowest BCUT2D eigenvalue weighted by atomic mass is 10.4. The van der Waals surface area contributed by atoms with Crippen LogP contribution in [0.5, 0.6) is 0 Å². The van der Waals surface area contributed by atoms with E-state index in [1.807, 2.05) is 4.72 Å². The molecule has 0 unspecified atom stereocenters. The molecule has 1 aromatic heterocycles. The molecule has 0 radical (unpaired) electrons. The van der Waals surface area contributed by atoms with Gasteiger partial charge in [-0.1, -0.05) is 17.7 Å². The van der Waals surface area contributed by atoms with E-state index in [4.69, 9.17) is 20.8 Å². The highest BCUT2D eigenvalue weighted by atomic mass is 35.5. The predicted molar refractivity (Wildman–Crippen MR) is 75.5 cm³/mol. The number of benzene rings is 1. The van der Waals surface area contributed by atoms with Gasteiger partial charge in [-0.05, 0) is 30.3 Å². The Hall–Kier alpha value is -1.83. The van der Waals surface area contributed by atoms with Crippen LogP contribution in [0.3, 0.4) is 0 Å². The van der Waals surface area contributed by atoms with Crippen LogP contribution in [0.4, 0.5) is 0 Å². The first-order valence-corrected chi connectivity index (χ1v) is 7.69. The van der Waals surface area contributed by atoms with Gasteiger partial charge in [-0.2, -0.15) is 0 Å². The zero-order valence-corrected chi connectivity index (χ0v) is 12.6. The second-order valence-corrected chi connectivity index (χ2v) is 6.21. The number of ether oxygens (including phenoxy) is 1. The maximum absolute atomic E-state index is 12.0. The molecule has 8 heteroatoms. The SMILES string of the molecule is COCc1ccc(C(=O)NS(=O)(=O)c2cccc(Cl)c2)o1. The fourth-order valence-electron chi connectivity index (χ4n) is 1.59. The van der Waals surface area contributed by atoms with Gasteiger partial charge < -0.3 is 9.15 Å². The number of methoxy groups -OCH3 is 1. The normalized spacial score (nSPS) is 11.3. The summed E-state index contributed by atoms with van der Waals surface area (Å²) in [5, 5.41) is 0.255. The Labute approximate surface area is 126 Å². The van der Waals surface area contributed by atoms with Crippen molar-refractivity contribution in [1.29, 1.82) is 0 Å². The van der Waals surface area contributed by atoms with Crippen LogP contribution in [-0.2, 0) is 21.4 Å². The first-order valence-electron chi connectivity index (χ1n) is 5.83. The van der Waals surface area contributed by atoms with Crippen molar-refractivity contribution < 1.29 is 22.4 Å². The van der Waals surface area contributed by atoms with E-state index in [0.29, 0.717) is 5.76 Å². The molecule has 2 rings (SSSR count). The number of halogens is 1. The van der Waals surface area contributed by atoms with Crippen LogP contribution in [0.25, 0.3) is 0 Å². The summed E-state index contributed by atoms with van der Waals surface area (Å²) in [6.45, 7) is 0.189. The van der Waals surface area contributed by atoms with E-state index in [9.17, 15) is 13.2 Å². The summed E-state index contributed by atoms with van der Waals surface area (Å²) in [6, 6.07) is 8.49. The third-order valence-corrected chi connectivity index (χ3v) is 4.07. The lowest BCUT2D eigenvalue weighted by Crippen LogP contribution is -2.30. The Morgan fingerprint density at radius 1 is 1.33 bits per heavy atom. The van der Waals surface area contributed by atoms with Crippen LogP contribution in [0.1, 0.15) is 16.3 Å². The molecule has 0 aliphatic carbocycles. The minimum Gasteiger partial charge on any atom is -0.453 e. The highest BCUT2D eigenvalue weighted by Crippen LogP contribution is 2.16. The van der Waals surface area contributed by atoms with Crippen LogP contribution >= 0.6 is 11.6 Å². The van der Waals surface area contributed by atoms with Gasteiger partial charge in [0.05, 0.1) is 4.90 Å². The zero-order chi connectivity index (χ0) is 15.5. The predicted octanol–water partition coefficient (Wildman–Crippen LogP) is 2.20. The molecule has 112 valence electrons. The fourth-order valence-corrected chi connectivity index (χ4v) is 2.84. The molecule has 0 bridgehead atoms. The van der Waals surface area contributed by atoms with Crippen LogP contribution < -0.4 is 4.72 Å². The third kappa shape index (κ3) is 3.84. The van der Waals surface area contributed by atoms with Gasteiger partial charge in [-0.15, -0.1) is 0 Å². The average molecular weight is 330 g/mol. The summed E-state index contributed by atoms with van der Waals surface area (Å²) in [5.74, 6) is -0.562. The second-order valence-electron chi connectivity index (χ2n) is 4.09. The summed E-state index contributed by atoms with van der Waals surface area (Å²) in [4.78, 5) is 11.8. The lowest BCUT2D eigenvalue weighted by Gasteiger charge is -2.05. The number of carbonyl (C=O) groups is 1. The quantitative estimate of drug-likeness (QED) is 0.908. The van der Waals surface area contributed by atoms with Gasteiger partial charge in [0.1, 0.15) is 12.4 Å². The van der Waals surface area contributed by atoms with Crippen molar-refractivity contribution in [2.75, 3.05) is 7.11 Å². The Morgan fingerprint density at radius 3 is 2.76 bits per heavy atom. The molecular weight excluding hydrogens is 318 g/mol. The van der Waals surface area contributed by atoms with Crippen molar-refractivity contribution in [2.45, 2.75) is 11.5 Å². The molecule has 1 heterocycles. The van der Waals surface area contributed by atoms with Gasteiger partial charge in [0.25, 0.3) is 10.0 Å². The molecule has 0 aliphatic rings. The van der Waals surface area contributed by atoms with E-state index < -0.39 is 15.9 Å². The summed E-state index contributed by atoms with van der Waals surface area (Å²) in [5.41, 5.74) is 0. The number of nitrogens with one attached hydrogen (secondary N) is 1. The van der Waals surface area contributed by atoms with Crippen molar-refractivity contribution in [3.05, 3.63) is 52.9 Å². The lowest BCUT2D eigenvalue weighted by molar-refractivity contribution is 0.0945. The van der Waals surface area contributed by atoms with E-state index in [1.165, 1.54) is 43.5 Å².